The van der Waals surface area contributed by atoms with Crippen molar-refractivity contribution in [2.45, 2.75) is 45.3 Å². The van der Waals surface area contributed by atoms with Gasteiger partial charge >= 0.3 is 6.18 Å². The predicted octanol–water partition coefficient (Wildman–Crippen LogP) is 2.16. The molecule has 0 aromatic heterocycles. The van der Waals surface area contributed by atoms with E-state index in [0.29, 0.717) is 18.8 Å². The monoisotopic (exact) mass is 266 g/mol. The highest BCUT2D eigenvalue weighted by Crippen LogP contribution is 2.30. The molecule has 1 fully saturated rings. The largest absolute Gasteiger partial charge is 0.406 e. The van der Waals surface area contributed by atoms with Crippen LogP contribution in [0.4, 0.5) is 13.2 Å². The second-order valence-corrected chi connectivity index (χ2v) is 5.24. The molecule has 1 saturated carbocycles. The first-order chi connectivity index (χ1) is 8.23. The van der Waals surface area contributed by atoms with Crippen LogP contribution in [-0.4, -0.2) is 36.1 Å². The topological polar surface area (TPSA) is 46.3 Å². The molecule has 18 heavy (non-hydrogen) atoms. The predicted molar refractivity (Wildman–Crippen MR) is 62.8 cm³/mol. The van der Waals surface area contributed by atoms with Crippen LogP contribution in [0.1, 0.15) is 33.1 Å². The highest BCUT2D eigenvalue weighted by Gasteiger charge is 2.36. The van der Waals surface area contributed by atoms with E-state index in [4.69, 9.17) is 5.73 Å². The van der Waals surface area contributed by atoms with E-state index >= 15 is 0 Å². The SMILES string of the molecule is CCN(CC(F)(F)F)C(=O)C1CC(C)CC(N)C1. The number of hydrogen-bond donors (Lipinski definition) is 1. The van der Waals surface area contributed by atoms with Crippen LogP contribution in [0.3, 0.4) is 0 Å². The lowest BCUT2D eigenvalue weighted by molar-refractivity contribution is -0.164. The van der Waals surface area contributed by atoms with E-state index in [0.717, 1.165) is 11.3 Å². The van der Waals surface area contributed by atoms with Gasteiger partial charge in [-0.05, 0) is 32.1 Å². The molecule has 0 aromatic carbocycles. The van der Waals surface area contributed by atoms with Gasteiger partial charge in [-0.2, -0.15) is 13.2 Å². The molecule has 106 valence electrons. The van der Waals surface area contributed by atoms with Crippen molar-refractivity contribution in [3.8, 4) is 0 Å². The van der Waals surface area contributed by atoms with Crippen molar-refractivity contribution in [2.24, 2.45) is 17.6 Å². The van der Waals surface area contributed by atoms with Gasteiger partial charge < -0.3 is 10.6 Å². The average molecular weight is 266 g/mol. The first kappa shape index (κ1) is 15.3. The number of carbonyl (C=O) groups excluding carboxylic acids is 1. The molecule has 2 N–H and O–H groups in total. The molecule has 6 heteroatoms. The van der Waals surface area contributed by atoms with Crippen molar-refractivity contribution in [3.63, 3.8) is 0 Å². The maximum Gasteiger partial charge on any atom is 0.406 e. The summed E-state index contributed by atoms with van der Waals surface area (Å²) in [5.41, 5.74) is 5.83. The Kier molecular flexibility index (Phi) is 5.01. The van der Waals surface area contributed by atoms with E-state index in [1.807, 2.05) is 6.92 Å². The van der Waals surface area contributed by atoms with Crippen LogP contribution in [-0.2, 0) is 4.79 Å². The standard InChI is InChI=1S/C12H21F3N2O/c1-3-17(7-12(13,14)15)11(18)9-4-8(2)5-10(16)6-9/h8-10H,3-7,16H2,1-2H3. The van der Waals surface area contributed by atoms with Crippen LogP contribution in [0.2, 0.25) is 0 Å². The summed E-state index contributed by atoms with van der Waals surface area (Å²) in [5.74, 6) is -0.463. The van der Waals surface area contributed by atoms with Gasteiger partial charge in [-0.25, -0.2) is 0 Å². The normalized spacial score (nSPS) is 29.1. The molecule has 0 radical (unpaired) electrons. The third-order valence-electron chi connectivity index (χ3n) is 3.39. The Morgan fingerprint density at radius 1 is 1.33 bits per heavy atom. The first-order valence-electron chi connectivity index (χ1n) is 6.34. The number of rotatable bonds is 3. The number of halogens is 3. The van der Waals surface area contributed by atoms with Gasteiger partial charge in [0.1, 0.15) is 6.54 Å². The summed E-state index contributed by atoms with van der Waals surface area (Å²) in [6.07, 6.45) is -2.36. The molecule has 0 bridgehead atoms. The van der Waals surface area contributed by atoms with Crippen molar-refractivity contribution >= 4 is 5.91 Å². The Bertz CT molecular complexity index is 280. The number of carbonyl (C=O) groups is 1. The van der Waals surface area contributed by atoms with Crippen molar-refractivity contribution in [2.75, 3.05) is 13.1 Å². The molecule has 0 aromatic rings. The van der Waals surface area contributed by atoms with Crippen molar-refractivity contribution < 1.29 is 18.0 Å². The zero-order valence-electron chi connectivity index (χ0n) is 10.8. The Balaban J connectivity index is 2.65. The zero-order valence-corrected chi connectivity index (χ0v) is 10.8. The van der Waals surface area contributed by atoms with Gasteiger partial charge in [0.2, 0.25) is 5.91 Å². The molecule has 3 nitrogen and oxygen atoms in total. The number of alkyl halides is 3. The molecule has 1 aliphatic rings. The quantitative estimate of drug-likeness (QED) is 0.851. The highest BCUT2D eigenvalue weighted by atomic mass is 19.4. The van der Waals surface area contributed by atoms with E-state index < -0.39 is 18.6 Å². The summed E-state index contributed by atoms with van der Waals surface area (Å²) in [4.78, 5) is 13.0. The zero-order chi connectivity index (χ0) is 13.9. The molecule has 3 atom stereocenters. The van der Waals surface area contributed by atoms with Crippen molar-refractivity contribution in [3.05, 3.63) is 0 Å². The van der Waals surface area contributed by atoms with Gasteiger partial charge in [-0.1, -0.05) is 6.92 Å². The fourth-order valence-electron chi connectivity index (χ4n) is 2.68. The second-order valence-electron chi connectivity index (χ2n) is 5.24. The third kappa shape index (κ3) is 4.48. The van der Waals surface area contributed by atoms with E-state index in [1.54, 1.807) is 6.92 Å². The minimum atomic E-state index is -4.34. The van der Waals surface area contributed by atoms with Crippen LogP contribution < -0.4 is 5.73 Å². The lowest BCUT2D eigenvalue weighted by Crippen LogP contribution is -2.45. The minimum absolute atomic E-state index is 0.0766. The maximum absolute atomic E-state index is 12.4. The highest BCUT2D eigenvalue weighted by molar-refractivity contribution is 5.79. The van der Waals surface area contributed by atoms with E-state index in [2.05, 4.69) is 0 Å². The molecule has 1 amide bonds. The summed E-state index contributed by atoms with van der Waals surface area (Å²) >= 11 is 0. The lowest BCUT2D eigenvalue weighted by atomic mass is 9.79. The summed E-state index contributed by atoms with van der Waals surface area (Å²) < 4.78 is 37.1. The molecule has 1 aliphatic carbocycles. The Labute approximate surface area is 106 Å². The fraction of sp³-hybridized carbons (Fsp3) is 0.917. The van der Waals surface area contributed by atoms with Crippen LogP contribution in [0.15, 0.2) is 0 Å². The fourth-order valence-corrected chi connectivity index (χ4v) is 2.68. The van der Waals surface area contributed by atoms with E-state index in [1.165, 1.54) is 0 Å². The molecule has 0 saturated heterocycles. The van der Waals surface area contributed by atoms with Gasteiger partial charge in [0.05, 0.1) is 0 Å². The summed E-state index contributed by atoms with van der Waals surface area (Å²) in [7, 11) is 0. The van der Waals surface area contributed by atoms with Gasteiger partial charge in [-0.15, -0.1) is 0 Å². The van der Waals surface area contributed by atoms with Crippen LogP contribution in [0.25, 0.3) is 0 Å². The number of hydrogen-bond acceptors (Lipinski definition) is 2. The van der Waals surface area contributed by atoms with Crippen LogP contribution in [0, 0.1) is 11.8 Å². The van der Waals surface area contributed by atoms with E-state index in [-0.39, 0.29) is 18.5 Å². The van der Waals surface area contributed by atoms with Crippen LogP contribution in [0.5, 0.6) is 0 Å². The number of nitrogens with two attached hydrogens (primary N) is 1. The maximum atomic E-state index is 12.4. The molecule has 0 aliphatic heterocycles. The Morgan fingerprint density at radius 2 is 1.94 bits per heavy atom. The first-order valence-corrected chi connectivity index (χ1v) is 6.34. The number of amides is 1. The Morgan fingerprint density at radius 3 is 2.39 bits per heavy atom. The van der Waals surface area contributed by atoms with Crippen molar-refractivity contribution in [1.29, 1.82) is 0 Å². The second kappa shape index (κ2) is 5.91. The molecule has 0 heterocycles. The molecular formula is C12H21F3N2O. The van der Waals surface area contributed by atoms with E-state index in [9.17, 15) is 18.0 Å². The molecule has 3 unspecified atom stereocenters. The van der Waals surface area contributed by atoms with Gasteiger partial charge in [-0.3, -0.25) is 4.79 Å². The van der Waals surface area contributed by atoms with Gasteiger partial charge in [0, 0.05) is 18.5 Å². The number of nitrogens with zero attached hydrogens (tertiary/aromatic N) is 1. The molecular weight excluding hydrogens is 245 g/mol. The minimum Gasteiger partial charge on any atom is -0.334 e. The average Bonchev–Trinajstić information content (AvgIpc) is 2.22. The summed E-state index contributed by atoms with van der Waals surface area (Å²) in [5, 5.41) is 0. The third-order valence-corrected chi connectivity index (χ3v) is 3.39. The smallest absolute Gasteiger partial charge is 0.334 e. The van der Waals surface area contributed by atoms with Crippen molar-refractivity contribution in [1.82, 2.24) is 4.90 Å². The Hall–Kier alpha value is -0.780. The van der Waals surface area contributed by atoms with Gasteiger partial charge in [0.25, 0.3) is 0 Å². The summed E-state index contributed by atoms with van der Waals surface area (Å²) in [6.45, 7) is 2.47. The molecule has 0 spiro atoms. The lowest BCUT2D eigenvalue weighted by Gasteiger charge is -2.34. The van der Waals surface area contributed by atoms with Gasteiger partial charge in [0.15, 0.2) is 0 Å². The summed E-state index contributed by atoms with van der Waals surface area (Å²) in [6, 6.07) is -0.0766. The molecule has 1 rings (SSSR count). The van der Waals surface area contributed by atoms with Crippen LogP contribution >= 0.6 is 0 Å².